The molecule has 2 heterocycles. The van der Waals surface area contributed by atoms with Gasteiger partial charge in [0.15, 0.2) is 5.76 Å². The number of carbonyl (C=O) groups is 2. The van der Waals surface area contributed by atoms with Gasteiger partial charge in [-0.05, 0) is 74.6 Å². The minimum absolute atomic E-state index is 0.169. The molecule has 1 aliphatic carbocycles. The van der Waals surface area contributed by atoms with Crippen molar-refractivity contribution in [2.24, 2.45) is 0 Å². The van der Waals surface area contributed by atoms with Crippen molar-refractivity contribution in [1.29, 1.82) is 0 Å². The molecular formula is C29H32FN3O5S. The van der Waals surface area contributed by atoms with E-state index in [0.29, 0.717) is 38.8 Å². The average molecular weight is 554 g/mol. The third-order valence-corrected chi connectivity index (χ3v) is 9.30. The van der Waals surface area contributed by atoms with Crippen LogP contribution < -0.4 is 0 Å². The Morgan fingerprint density at radius 2 is 1.62 bits per heavy atom. The topological polar surface area (TPSA) is 91.1 Å². The molecule has 0 bridgehead atoms. The second-order valence-electron chi connectivity index (χ2n) is 10.2. The molecule has 3 aromatic rings. The Bertz CT molecular complexity index is 1400. The molecule has 0 spiro atoms. The van der Waals surface area contributed by atoms with Gasteiger partial charge in [0.1, 0.15) is 5.82 Å². The smallest absolute Gasteiger partial charge is 0.289 e. The summed E-state index contributed by atoms with van der Waals surface area (Å²) in [5.41, 5.74) is 1.70. The number of hydrogen-bond donors (Lipinski definition) is 0. The van der Waals surface area contributed by atoms with Crippen LogP contribution in [0.15, 0.2) is 76.2 Å². The van der Waals surface area contributed by atoms with Crippen LogP contribution in [-0.4, -0.2) is 66.1 Å². The van der Waals surface area contributed by atoms with Crippen LogP contribution in [-0.2, 0) is 21.4 Å². The number of aryl methyl sites for hydroxylation is 1. The van der Waals surface area contributed by atoms with Crippen LogP contribution in [0.25, 0.3) is 0 Å². The van der Waals surface area contributed by atoms with Crippen molar-refractivity contribution in [1.82, 2.24) is 14.1 Å². The second kappa shape index (κ2) is 11.3. The Morgan fingerprint density at radius 3 is 2.21 bits per heavy atom. The van der Waals surface area contributed by atoms with Crippen molar-refractivity contribution >= 4 is 21.8 Å². The molecule has 2 fully saturated rings. The molecule has 5 rings (SSSR count). The van der Waals surface area contributed by atoms with Crippen LogP contribution in [0.3, 0.4) is 0 Å². The van der Waals surface area contributed by atoms with Crippen LogP contribution in [0.1, 0.15) is 47.4 Å². The van der Waals surface area contributed by atoms with Gasteiger partial charge in [-0.3, -0.25) is 9.59 Å². The lowest BCUT2D eigenvalue weighted by atomic mass is 10.0. The van der Waals surface area contributed by atoms with E-state index in [1.54, 1.807) is 58.3 Å². The fourth-order valence-electron chi connectivity index (χ4n) is 4.99. The standard InChI is InChI=1S/C29H32FN3O5S/c1-21-4-12-26(13-5-21)39(36,37)33(25-10-11-25)20-28(34)32(19-22-6-8-23(30)9-7-22)24-14-16-31(17-15-24)29(35)27-3-2-18-38-27/h2-9,12-13,18,24-25H,10-11,14-17,19-20H2,1H3. The molecule has 1 aromatic heterocycles. The third-order valence-electron chi connectivity index (χ3n) is 7.38. The van der Waals surface area contributed by atoms with Crippen LogP contribution >= 0.6 is 0 Å². The predicted octanol–water partition coefficient (Wildman–Crippen LogP) is 4.21. The van der Waals surface area contributed by atoms with Gasteiger partial charge in [0.25, 0.3) is 5.91 Å². The number of rotatable bonds is 9. The molecule has 0 unspecified atom stereocenters. The summed E-state index contributed by atoms with van der Waals surface area (Å²) in [6, 6.07) is 15.5. The van der Waals surface area contributed by atoms with E-state index in [2.05, 4.69) is 0 Å². The summed E-state index contributed by atoms with van der Waals surface area (Å²) in [6.45, 7) is 2.71. The minimum atomic E-state index is -3.86. The number of furan rings is 1. The first kappa shape index (κ1) is 27.1. The van der Waals surface area contributed by atoms with E-state index in [-0.39, 0.29) is 53.5 Å². The zero-order valence-electron chi connectivity index (χ0n) is 21.8. The Labute approximate surface area is 228 Å². The van der Waals surface area contributed by atoms with Crippen molar-refractivity contribution in [3.63, 3.8) is 0 Å². The van der Waals surface area contributed by atoms with E-state index in [0.717, 1.165) is 11.1 Å². The largest absolute Gasteiger partial charge is 0.459 e. The molecule has 2 amide bonds. The van der Waals surface area contributed by atoms with E-state index in [4.69, 9.17) is 4.42 Å². The maximum Gasteiger partial charge on any atom is 0.289 e. The van der Waals surface area contributed by atoms with Gasteiger partial charge in [-0.15, -0.1) is 0 Å². The number of amides is 2. The van der Waals surface area contributed by atoms with Gasteiger partial charge in [-0.25, -0.2) is 12.8 Å². The Balaban J connectivity index is 1.35. The average Bonchev–Trinajstić information content (AvgIpc) is 3.62. The molecule has 0 N–H and O–H groups in total. The van der Waals surface area contributed by atoms with E-state index >= 15 is 0 Å². The maximum absolute atomic E-state index is 13.8. The molecule has 10 heteroatoms. The molecule has 1 aliphatic heterocycles. The van der Waals surface area contributed by atoms with Gasteiger partial charge >= 0.3 is 0 Å². The fraction of sp³-hybridized carbons (Fsp3) is 0.379. The van der Waals surface area contributed by atoms with Crippen molar-refractivity contribution in [2.75, 3.05) is 19.6 Å². The highest BCUT2D eigenvalue weighted by Crippen LogP contribution is 2.33. The van der Waals surface area contributed by atoms with Crippen LogP contribution in [0.2, 0.25) is 0 Å². The highest BCUT2D eigenvalue weighted by molar-refractivity contribution is 7.89. The highest BCUT2D eigenvalue weighted by Gasteiger charge is 2.41. The normalized spacial score (nSPS) is 16.4. The highest BCUT2D eigenvalue weighted by atomic mass is 32.2. The number of sulfonamides is 1. The number of benzene rings is 2. The summed E-state index contributed by atoms with van der Waals surface area (Å²) < 4.78 is 47.2. The first-order chi connectivity index (χ1) is 18.7. The molecule has 2 aromatic carbocycles. The lowest BCUT2D eigenvalue weighted by molar-refractivity contribution is -0.135. The summed E-state index contributed by atoms with van der Waals surface area (Å²) in [5, 5.41) is 0. The van der Waals surface area contributed by atoms with Gasteiger partial charge in [0.05, 0.1) is 17.7 Å². The molecule has 0 radical (unpaired) electrons. The number of carbonyl (C=O) groups excluding carboxylic acids is 2. The minimum Gasteiger partial charge on any atom is -0.459 e. The monoisotopic (exact) mass is 553 g/mol. The molecular weight excluding hydrogens is 521 g/mol. The molecule has 0 atom stereocenters. The number of nitrogens with zero attached hydrogens (tertiary/aromatic N) is 3. The lowest BCUT2D eigenvalue weighted by Gasteiger charge is -2.39. The zero-order valence-corrected chi connectivity index (χ0v) is 22.6. The van der Waals surface area contributed by atoms with Gasteiger partial charge in [0, 0.05) is 31.7 Å². The molecule has 39 heavy (non-hydrogen) atoms. The van der Waals surface area contributed by atoms with Crippen LogP contribution in [0.5, 0.6) is 0 Å². The molecule has 8 nitrogen and oxygen atoms in total. The summed E-state index contributed by atoms with van der Waals surface area (Å²) >= 11 is 0. The molecule has 2 aliphatic rings. The Hall–Kier alpha value is -3.50. The van der Waals surface area contributed by atoms with Crippen LogP contribution in [0, 0.1) is 12.7 Å². The first-order valence-corrected chi connectivity index (χ1v) is 14.6. The van der Waals surface area contributed by atoms with E-state index in [1.165, 1.54) is 22.7 Å². The van der Waals surface area contributed by atoms with Crippen molar-refractivity contribution in [3.05, 3.63) is 89.6 Å². The zero-order chi connectivity index (χ0) is 27.6. The Kier molecular flexibility index (Phi) is 7.86. The second-order valence-corrected chi connectivity index (χ2v) is 12.1. The molecule has 206 valence electrons. The number of likely N-dealkylation sites (tertiary alicyclic amines) is 1. The third kappa shape index (κ3) is 6.23. The van der Waals surface area contributed by atoms with Gasteiger partial charge < -0.3 is 14.2 Å². The SMILES string of the molecule is Cc1ccc(S(=O)(=O)N(CC(=O)N(Cc2ccc(F)cc2)C2CCN(C(=O)c3ccco3)CC2)C2CC2)cc1. The fourth-order valence-corrected chi connectivity index (χ4v) is 6.62. The summed E-state index contributed by atoms with van der Waals surface area (Å²) in [5.74, 6) is -0.601. The van der Waals surface area contributed by atoms with E-state index < -0.39 is 10.0 Å². The van der Waals surface area contributed by atoms with E-state index in [1.807, 2.05) is 6.92 Å². The molecule has 1 saturated heterocycles. The maximum atomic E-state index is 13.8. The summed E-state index contributed by atoms with van der Waals surface area (Å²) in [4.78, 5) is 30.1. The summed E-state index contributed by atoms with van der Waals surface area (Å²) in [6.07, 6.45) is 3.95. The van der Waals surface area contributed by atoms with E-state index in [9.17, 15) is 22.4 Å². The number of halogens is 1. The predicted molar refractivity (Wildman–Crippen MR) is 143 cm³/mol. The van der Waals surface area contributed by atoms with Crippen molar-refractivity contribution in [3.8, 4) is 0 Å². The number of piperidine rings is 1. The Morgan fingerprint density at radius 1 is 0.949 bits per heavy atom. The van der Waals surface area contributed by atoms with Crippen molar-refractivity contribution < 1.29 is 26.8 Å². The van der Waals surface area contributed by atoms with Gasteiger partial charge in [-0.2, -0.15) is 4.31 Å². The summed E-state index contributed by atoms with van der Waals surface area (Å²) in [7, 11) is -3.86. The van der Waals surface area contributed by atoms with Crippen molar-refractivity contribution in [2.45, 2.75) is 56.1 Å². The quantitative estimate of drug-likeness (QED) is 0.396. The molecule has 1 saturated carbocycles. The van der Waals surface area contributed by atoms with Gasteiger partial charge in [-0.1, -0.05) is 29.8 Å². The lowest BCUT2D eigenvalue weighted by Crippen LogP contribution is -2.51. The first-order valence-electron chi connectivity index (χ1n) is 13.2. The van der Waals surface area contributed by atoms with Crippen LogP contribution in [0.4, 0.5) is 4.39 Å². The van der Waals surface area contributed by atoms with Gasteiger partial charge in [0.2, 0.25) is 15.9 Å². The number of hydrogen-bond acceptors (Lipinski definition) is 5.